The van der Waals surface area contributed by atoms with Crippen molar-refractivity contribution in [3.63, 3.8) is 0 Å². The Kier molecular flexibility index (Phi) is 3.35. The summed E-state index contributed by atoms with van der Waals surface area (Å²) in [5.41, 5.74) is 2.25. The van der Waals surface area contributed by atoms with Gasteiger partial charge in [0.2, 0.25) is 5.43 Å². The van der Waals surface area contributed by atoms with Gasteiger partial charge in [0, 0.05) is 17.1 Å². The maximum atomic E-state index is 12.4. The van der Waals surface area contributed by atoms with Gasteiger partial charge in [-0.1, -0.05) is 24.3 Å². The fourth-order valence-electron chi connectivity index (χ4n) is 2.68. The third-order valence-corrected chi connectivity index (χ3v) is 3.89. The molecular weight excluding hydrogens is 304 g/mol. The minimum atomic E-state index is -0.428. The van der Waals surface area contributed by atoms with E-state index in [1.54, 1.807) is 18.2 Å². The molecule has 0 spiro atoms. The van der Waals surface area contributed by atoms with Crippen LogP contribution in [0.1, 0.15) is 16.2 Å². The van der Waals surface area contributed by atoms with Crippen LogP contribution >= 0.6 is 0 Å². The predicted octanol–water partition coefficient (Wildman–Crippen LogP) is 2.33. The highest BCUT2D eigenvalue weighted by Gasteiger charge is 2.13. The van der Waals surface area contributed by atoms with Crippen molar-refractivity contribution in [1.29, 1.82) is 0 Å². The second-order valence-electron chi connectivity index (χ2n) is 5.46. The molecule has 0 unspecified atom stereocenters. The van der Waals surface area contributed by atoms with Gasteiger partial charge in [0.05, 0.1) is 17.6 Å². The first-order valence-electron chi connectivity index (χ1n) is 7.54. The molecule has 0 aliphatic carbocycles. The molecule has 4 rings (SSSR count). The summed E-state index contributed by atoms with van der Waals surface area (Å²) in [6.07, 6.45) is 1.44. The van der Waals surface area contributed by atoms with Crippen molar-refractivity contribution in [2.75, 3.05) is 0 Å². The van der Waals surface area contributed by atoms with Crippen molar-refractivity contribution in [1.82, 2.24) is 20.3 Å². The van der Waals surface area contributed by atoms with E-state index >= 15 is 0 Å². The van der Waals surface area contributed by atoms with Gasteiger partial charge in [-0.15, -0.1) is 0 Å². The molecule has 118 valence electrons. The Labute approximate surface area is 136 Å². The Morgan fingerprint density at radius 3 is 2.62 bits per heavy atom. The van der Waals surface area contributed by atoms with Crippen molar-refractivity contribution < 1.29 is 4.79 Å². The molecule has 4 aromatic rings. The number of hydrogen-bond donors (Lipinski definition) is 3. The number of nitrogens with zero attached hydrogens (tertiary/aromatic N) is 1. The van der Waals surface area contributed by atoms with Gasteiger partial charge in [-0.25, -0.2) is 4.98 Å². The van der Waals surface area contributed by atoms with Crippen LogP contribution in [0.4, 0.5) is 0 Å². The highest BCUT2D eigenvalue weighted by Crippen LogP contribution is 2.10. The van der Waals surface area contributed by atoms with Crippen LogP contribution in [0.2, 0.25) is 0 Å². The lowest BCUT2D eigenvalue weighted by Crippen LogP contribution is -2.28. The number of pyridine rings is 1. The number of amides is 1. The summed E-state index contributed by atoms with van der Waals surface area (Å²) in [6.45, 7) is 0.222. The molecule has 0 aliphatic rings. The quantitative estimate of drug-likeness (QED) is 0.541. The Hall–Kier alpha value is -3.41. The van der Waals surface area contributed by atoms with Crippen molar-refractivity contribution in [2.45, 2.75) is 6.54 Å². The number of benzene rings is 2. The van der Waals surface area contributed by atoms with E-state index in [9.17, 15) is 9.59 Å². The lowest BCUT2D eigenvalue weighted by atomic mass is 10.1. The number of fused-ring (bicyclic) bond motifs is 2. The number of imidazole rings is 1. The zero-order chi connectivity index (χ0) is 16.5. The number of H-pyrrole nitrogens is 2. The van der Waals surface area contributed by atoms with Crippen LogP contribution in [0.15, 0.2) is 59.5 Å². The van der Waals surface area contributed by atoms with Gasteiger partial charge in [0.1, 0.15) is 11.4 Å². The summed E-state index contributed by atoms with van der Waals surface area (Å²) in [6, 6.07) is 14.7. The monoisotopic (exact) mass is 318 g/mol. The van der Waals surface area contributed by atoms with Gasteiger partial charge >= 0.3 is 0 Å². The maximum Gasteiger partial charge on any atom is 0.257 e. The highest BCUT2D eigenvalue weighted by molar-refractivity contribution is 5.97. The summed E-state index contributed by atoms with van der Waals surface area (Å²) in [4.78, 5) is 35.2. The zero-order valence-corrected chi connectivity index (χ0v) is 12.7. The molecule has 24 heavy (non-hydrogen) atoms. The number of aromatic amines is 2. The molecular formula is C18H14N4O2. The van der Waals surface area contributed by atoms with E-state index in [-0.39, 0.29) is 17.5 Å². The van der Waals surface area contributed by atoms with Gasteiger partial charge in [-0.3, -0.25) is 9.59 Å². The highest BCUT2D eigenvalue weighted by atomic mass is 16.2. The molecule has 0 bridgehead atoms. The van der Waals surface area contributed by atoms with E-state index in [2.05, 4.69) is 20.3 Å². The molecule has 6 heteroatoms. The Morgan fingerprint density at radius 1 is 1.04 bits per heavy atom. The van der Waals surface area contributed by atoms with E-state index in [1.165, 1.54) is 6.20 Å². The van der Waals surface area contributed by atoms with Gasteiger partial charge in [-0.05, 0) is 24.3 Å². The van der Waals surface area contributed by atoms with Crippen LogP contribution in [-0.4, -0.2) is 20.9 Å². The number of carbonyl (C=O) groups is 1. The SMILES string of the molecule is O=C(NCc1nc2ccccc2[nH]1)c1c[nH]c2ccccc2c1=O. The average molecular weight is 318 g/mol. The zero-order valence-electron chi connectivity index (χ0n) is 12.7. The number of aromatic nitrogens is 3. The van der Waals surface area contributed by atoms with Crippen molar-refractivity contribution in [2.24, 2.45) is 0 Å². The van der Waals surface area contributed by atoms with E-state index in [0.717, 1.165) is 11.0 Å². The molecule has 0 saturated carbocycles. The van der Waals surface area contributed by atoms with Crippen LogP contribution in [-0.2, 0) is 6.54 Å². The van der Waals surface area contributed by atoms with E-state index < -0.39 is 5.91 Å². The summed E-state index contributed by atoms with van der Waals surface area (Å²) in [7, 11) is 0. The van der Waals surface area contributed by atoms with Crippen LogP contribution in [0.3, 0.4) is 0 Å². The molecule has 6 nitrogen and oxygen atoms in total. The summed E-state index contributed by atoms with van der Waals surface area (Å²) < 4.78 is 0. The first kappa shape index (κ1) is 14.2. The van der Waals surface area contributed by atoms with Crippen LogP contribution in [0.5, 0.6) is 0 Å². The molecule has 0 radical (unpaired) electrons. The number of hydrogen-bond acceptors (Lipinski definition) is 3. The second kappa shape index (κ2) is 5.66. The largest absolute Gasteiger partial charge is 0.360 e. The summed E-state index contributed by atoms with van der Waals surface area (Å²) in [5, 5.41) is 3.22. The molecule has 3 N–H and O–H groups in total. The lowest BCUT2D eigenvalue weighted by molar-refractivity contribution is 0.0949. The molecule has 0 fully saturated rings. The number of rotatable bonds is 3. The Morgan fingerprint density at radius 2 is 1.79 bits per heavy atom. The summed E-state index contributed by atoms with van der Waals surface area (Å²) >= 11 is 0. The van der Waals surface area contributed by atoms with Gasteiger partial charge < -0.3 is 15.3 Å². The molecule has 0 aliphatic heterocycles. The van der Waals surface area contributed by atoms with Crippen LogP contribution < -0.4 is 10.7 Å². The first-order chi connectivity index (χ1) is 11.7. The third-order valence-electron chi connectivity index (χ3n) is 3.89. The Balaban J connectivity index is 1.58. The molecule has 2 aromatic carbocycles. The van der Waals surface area contributed by atoms with Crippen LogP contribution in [0, 0.1) is 0 Å². The number of para-hydroxylation sites is 3. The summed E-state index contributed by atoms with van der Waals surface area (Å²) in [5.74, 6) is 0.212. The third kappa shape index (κ3) is 2.44. The smallest absolute Gasteiger partial charge is 0.257 e. The number of carbonyl (C=O) groups excluding carboxylic acids is 1. The number of nitrogens with one attached hydrogen (secondary N) is 3. The van der Waals surface area contributed by atoms with E-state index in [4.69, 9.17) is 0 Å². The van der Waals surface area contributed by atoms with E-state index in [0.29, 0.717) is 16.7 Å². The fourth-order valence-corrected chi connectivity index (χ4v) is 2.68. The minimum Gasteiger partial charge on any atom is -0.360 e. The van der Waals surface area contributed by atoms with E-state index in [1.807, 2.05) is 30.3 Å². The minimum absolute atomic E-state index is 0.0878. The second-order valence-corrected chi connectivity index (χ2v) is 5.46. The fraction of sp³-hybridized carbons (Fsp3) is 0.0556. The van der Waals surface area contributed by atoms with Gasteiger partial charge in [0.15, 0.2) is 0 Å². The average Bonchev–Trinajstić information content (AvgIpc) is 3.03. The van der Waals surface area contributed by atoms with Crippen molar-refractivity contribution >= 4 is 27.8 Å². The molecule has 0 saturated heterocycles. The van der Waals surface area contributed by atoms with Crippen LogP contribution in [0.25, 0.3) is 21.9 Å². The Bertz CT molecular complexity index is 1080. The lowest BCUT2D eigenvalue weighted by Gasteiger charge is -2.04. The predicted molar refractivity (Wildman–Crippen MR) is 91.8 cm³/mol. The topological polar surface area (TPSA) is 90.6 Å². The first-order valence-corrected chi connectivity index (χ1v) is 7.54. The van der Waals surface area contributed by atoms with Crippen molar-refractivity contribution in [3.05, 3.63) is 76.3 Å². The standard InChI is InChI=1S/C18H14N4O2/c23-17-11-5-1-2-6-13(11)19-9-12(17)18(24)20-10-16-21-14-7-3-4-8-15(14)22-16/h1-9H,10H2,(H,19,23)(H,20,24)(H,21,22). The normalized spacial score (nSPS) is 11.0. The van der Waals surface area contributed by atoms with Gasteiger partial charge in [0.25, 0.3) is 5.91 Å². The maximum absolute atomic E-state index is 12.4. The molecule has 0 atom stereocenters. The van der Waals surface area contributed by atoms with Gasteiger partial charge in [-0.2, -0.15) is 0 Å². The van der Waals surface area contributed by atoms with Crippen molar-refractivity contribution in [3.8, 4) is 0 Å². The molecule has 2 aromatic heterocycles. The molecule has 1 amide bonds. The molecule has 2 heterocycles.